The molecule has 2 amide bonds. The molecular weight excluding hydrogens is 490 g/mol. The van der Waals surface area contributed by atoms with E-state index in [1.54, 1.807) is 48.5 Å². The fourth-order valence-electron chi connectivity index (χ4n) is 3.58. The standard InChI is InChI=1S/C25H34ClN3O5S/c1-6-18(3)27-25(31)21(7-2)28(16-19-12-14-20(26)15-13-19)24(30)17-29(35(5,32)33)22-10-8-9-11-23(22)34-4/h8-15,18,21H,6-7,16-17H2,1-5H3,(H,27,31)/t18-,21+/m1/s1. The maximum Gasteiger partial charge on any atom is 0.244 e. The van der Waals surface area contributed by atoms with Crippen LogP contribution in [0, 0.1) is 0 Å². The number of nitrogens with one attached hydrogen (secondary N) is 1. The number of ether oxygens (including phenoxy) is 1. The topological polar surface area (TPSA) is 96.0 Å². The molecule has 2 aromatic rings. The SMILES string of the molecule is CC[C@@H](C)NC(=O)[C@H](CC)N(Cc1ccc(Cl)cc1)C(=O)CN(c1ccccc1OC)S(C)(=O)=O. The molecular formula is C25H34ClN3O5S. The second kappa shape index (κ2) is 12.8. The lowest BCUT2D eigenvalue weighted by atomic mass is 10.1. The van der Waals surface area contributed by atoms with Crippen molar-refractivity contribution in [3.05, 3.63) is 59.1 Å². The first-order valence-corrected chi connectivity index (χ1v) is 13.7. The summed E-state index contributed by atoms with van der Waals surface area (Å²) in [5.41, 5.74) is 1.01. The Balaban J connectivity index is 2.46. The van der Waals surface area contributed by atoms with Gasteiger partial charge < -0.3 is 15.0 Å². The first-order valence-electron chi connectivity index (χ1n) is 11.5. The van der Waals surface area contributed by atoms with Crippen LogP contribution in [-0.2, 0) is 26.2 Å². The van der Waals surface area contributed by atoms with Crippen LogP contribution in [0.4, 0.5) is 5.69 Å². The van der Waals surface area contributed by atoms with Gasteiger partial charge in [0.1, 0.15) is 18.3 Å². The molecule has 0 aliphatic carbocycles. The van der Waals surface area contributed by atoms with Crippen LogP contribution >= 0.6 is 11.6 Å². The van der Waals surface area contributed by atoms with E-state index < -0.39 is 28.5 Å². The van der Waals surface area contributed by atoms with Crippen molar-refractivity contribution in [2.45, 2.75) is 52.2 Å². The van der Waals surface area contributed by atoms with Crippen molar-refractivity contribution in [3.8, 4) is 5.75 Å². The maximum absolute atomic E-state index is 13.7. The number of benzene rings is 2. The third-order valence-electron chi connectivity index (χ3n) is 5.69. The maximum atomic E-state index is 13.7. The second-order valence-electron chi connectivity index (χ2n) is 8.33. The van der Waals surface area contributed by atoms with Gasteiger partial charge in [-0.1, -0.05) is 49.7 Å². The summed E-state index contributed by atoms with van der Waals surface area (Å²) in [7, 11) is -2.41. The van der Waals surface area contributed by atoms with Crippen LogP contribution in [0.5, 0.6) is 5.75 Å². The van der Waals surface area contributed by atoms with Gasteiger partial charge in [0.2, 0.25) is 21.8 Å². The van der Waals surface area contributed by atoms with Gasteiger partial charge in [0.05, 0.1) is 19.1 Å². The van der Waals surface area contributed by atoms with E-state index in [1.807, 2.05) is 20.8 Å². The summed E-state index contributed by atoms with van der Waals surface area (Å²) >= 11 is 6.01. The predicted molar refractivity (Wildman–Crippen MR) is 139 cm³/mol. The summed E-state index contributed by atoms with van der Waals surface area (Å²) in [6, 6.07) is 12.7. The molecule has 2 aromatic carbocycles. The van der Waals surface area contributed by atoms with Crippen LogP contribution in [-0.4, -0.2) is 57.1 Å². The Labute approximate surface area is 213 Å². The highest BCUT2D eigenvalue weighted by molar-refractivity contribution is 7.92. The Bertz CT molecular complexity index is 1110. The van der Waals surface area contributed by atoms with E-state index in [-0.39, 0.29) is 24.2 Å². The predicted octanol–water partition coefficient (Wildman–Crippen LogP) is 3.84. The van der Waals surface area contributed by atoms with Gasteiger partial charge in [-0.05, 0) is 49.6 Å². The third kappa shape index (κ3) is 7.86. The number of amides is 2. The zero-order chi connectivity index (χ0) is 26.2. The lowest BCUT2D eigenvalue weighted by molar-refractivity contribution is -0.140. The van der Waals surface area contributed by atoms with Crippen LogP contribution in [0.25, 0.3) is 0 Å². The molecule has 192 valence electrons. The van der Waals surface area contributed by atoms with Crippen molar-refractivity contribution in [1.29, 1.82) is 0 Å². The number of carbonyl (C=O) groups excluding carboxylic acids is 2. The number of methoxy groups -OCH3 is 1. The highest BCUT2D eigenvalue weighted by Gasteiger charge is 2.32. The van der Waals surface area contributed by atoms with Gasteiger partial charge in [0, 0.05) is 17.6 Å². The molecule has 8 nitrogen and oxygen atoms in total. The first kappa shape index (κ1) is 28.5. The van der Waals surface area contributed by atoms with E-state index in [4.69, 9.17) is 16.3 Å². The third-order valence-corrected chi connectivity index (χ3v) is 7.06. The number of nitrogens with zero attached hydrogens (tertiary/aromatic N) is 2. The van der Waals surface area contributed by atoms with Gasteiger partial charge in [-0.3, -0.25) is 13.9 Å². The minimum atomic E-state index is -3.85. The summed E-state index contributed by atoms with van der Waals surface area (Å²) in [4.78, 5) is 28.2. The van der Waals surface area contributed by atoms with E-state index in [9.17, 15) is 18.0 Å². The zero-order valence-corrected chi connectivity index (χ0v) is 22.4. The molecule has 0 heterocycles. The Kier molecular flexibility index (Phi) is 10.4. The quantitative estimate of drug-likeness (QED) is 0.456. The number of para-hydroxylation sites is 2. The fourth-order valence-corrected chi connectivity index (χ4v) is 4.56. The lowest BCUT2D eigenvalue weighted by Crippen LogP contribution is -2.53. The highest BCUT2D eigenvalue weighted by atomic mass is 35.5. The number of carbonyl (C=O) groups is 2. The van der Waals surface area contributed by atoms with E-state index in [0.29, 0.717) is 17.2 Å². The van der Waals surface area contributed by atoms with E-state index in [0.717, 1.165) is 22.5 Å². The van der Waals surface area contributed by atoms with Gasteiger partial charge >= 0.3 is 0 Å². The molecule has 0 saturated carbocycles. The summed E-state index contributed by atoms with van der Waals surface area (Å²) in [5, 5.41) is 3.49. The van der Waals surface area contributed by atoms with Gasteiger partial charge in [-0.2, -0.15) is 0 Å². The van der Waals surface area contributed by atoms with Crippen molar-refractivity contribution >= 4 is 39.1 Å². The van der Waals surface area contributed by atoms with Gasteiger partial charge in [-0.25, -0.2) is 8.42 Å². The number of hydrogen-bond donors (Lipinski definition) is 1. The number of rotatable bonds is 12. The summed E-state index contributed by atoms with van der Waals surface area (Å²) in [6.45, 7) is 5.30. The second-order valence-corrected chi connectivity index (χ2v) is 10.7. The van der Waals surface area contributed by atoms with Crippen molar-refractivity contribution in [2.24, 2.45) is 0 Å². The molecule has 0 spiro atoms. The molecule has 2 atom stereocenters. The van der Waals surface area contributed by atoms with E-state index in [1.165, 1.54) is 12.0 Å². The Hall–Kier alpha value is -2.78. The largest absolute Gasteiger partial charge is 0.495 e. The summed E-state index contributed by atoms with van der Waals surface area (Å²) in [6.07, 6.45) is 2.13. The highest BCUT2D eigenvalue weighted by Crippen LogP contribution is 2.29. The molecule has 0 fully saturated rings. The first-order chi connectivity index (χ1) is 16.5. The molecule has 10 heteroatoms. The number of sulfonamides is 1. The normalized spacial score (nSPS) is 13.0. The van der Waals surface area contributed by atoms with Gasteiger partial charge in [-0.15, -0.1) is 0 Å². The molecule has 35 heavy (non-hydrogen) atoms. The van der Waals surface area contributed by atoms with Crippen molar-refractivity contribution < 1.29 is 22.7 Å². The molecule has 0 aliphatic heterocycles. The van der Waals surface area contributed by atoms with Gasteiger partial charge in [0.25, 0.3) is 0 Å². The molecule has 1 N–H and O–H groups in total. The molecule has 0 saturated heterocycles. The average Bonchev–Trinajstić information content (AvgIpc) is 2.82. The van der Waals surface area contributed by atoms with Crippen molar-refractivity contribution in [3.63, 3.8) is 0 Å². The van der Waals surface area contributed by atoms with Crippen LogP contribution in [0.15, 0.2) is 48.5 Å². The number of hydrogen-bond acceptors (Lipinski definition) is 5. The molecule has 0 aromatic heterocycles. The number of anilines is 1. The lowest BCUT2D eigenvalue weighted by Gasteiger charge is -2.33. The molecule has 0 aliphatic rings. The summed E-state index contributed by atoms with van der Waals surface area (Å²) < 4.78 is 31.8. The Morgan fingerprint density at radius 3 is 2.23 bits per heavy atom. The fraction of sp³-hybridized carbons (Fsp3) is 0.440. The van der Waals surface area contributed by atoms with E-state index in [2.05, 4.69) is 5.32 Å². The average molecular weight is 524 g/mol. The van der Waals surface area contributed by atoms with Gasteiger partial charge in [0.15, 0.2) is 0 Å². The van der Waals surface area contributed by atoms with Crippen molar-refractivity contribution in [2.75, 3.05) is 24.2 Å². The van der Waals surface area contributed by atoms with Crippen LogP contribution < -0.4 is 14.4 Å². The monoisotopic (exact) mass is 523 g/mol. The molecule has 0 unspecified atom stereocenters. The smallest absolute Gasteiger partial charge is 0.244 e. The molecule has 0 radical (unpaired) electrons. The number of halogens is 1. The van der Waals surface area contributed by atoms with Crippen LogP contribution in [0.1, 0.15) is 39.2 Å². The van der Waals surface area contributed by atoms with Crippen molar-refractivity contribution in [1.82, 2.24) is 10.2 Å². The minimum absolute atomic E-state index is 0.0647. The molecule has 0 bridgehead atoms. The minimum Gasteiger partial charge on any atom is -0.495 e. The van der Waals surface area contributed by atoms with Crippen LogP contribution in [0.3, 0.4) is 0 Å². The molecule has 2 rings (SSSR count). The van der Waals surface area contributed by atoms with Crippen LogP contribution in [0.2, 0.25) is 5.02 Å². The van der Waals surface area contributed by atoms with E-state index >= 15 is 0 Å². The Morgan fingerprint density at radius 2 is 1.69 bits per heavy atom. The zero-order valence-electron chi connectivity index (χ0n) is 20.8. The Morgan fingerprint density at radius 1 is 1.06 bits per heavy atom. The summed E-state index contributed by atoms with van der Waals surface area (Å²) in [5.74, 6) is -0.480.